The van der Waals surface area contributed by atoms with E-state index in [1.165, 1.54) is 24.7 Å². The minimum atomic E-state index is -4.41. The molecule has 2 aromatic carbocycles. The SMILES string of the molecule is C=CCCOc1nc([NH][Tl])nc2c1ncn2C1OC(CO[P@](=O)(N[C@@H](C)C(=O)OCCCOCC=C)Oc2cccc3ccccc23)[C@@H](O)[C@@]1(C)O. The predicted octanol–water partition coefficient (Wildman–Crippen LogP) is 3.76. The van der Waals surface area contributed by atoms with Crippen molar-refractivity contribution in [3.05, 3.63) is 74.1 Å². The molecule has 1 aliphatic rings. The molecule has 18 heteroatoms. The molecule has 3 heterocycles. The summed E-state index contributed by atoms with van der Waals surface area (Å²) in [6, 6.07) is 11.4. The van der Waals surface area contributed by atoms with Crippen molar-refractivity contribution in [2.45, 2.75) is 56.8 Å². The fourth-order valence-corrected chi connectivity index (χ4v) is 7.45. The third kappa shape index (κ3) is 9.35. The van der Waals surface area contributed by atoms with Gasteiger partial charge >= 0.3 is 193 Å². The molecule has 6 atom stereocenters. The molecule has 5 rings (SSSR count). The number of rotatable bonds is 20. The van der Waals surface area contributed by atoms with Gasteiger partial charge in [-0.1, -0.05) is 42.5 Å². The normalized spacial score (nSPS) is 21.7. The first-order valence-electron chi connectivity index (χ1n) is 16.6. The van der Waals surface area contributed by atoms with E-state index in [0.717, 1.165) is 5.39 Å². The fraction of sp³-hybridized carbons (Fsp3) is 0.412. The molecule has 16 nitrogen and oxygen atoms in total. The number of nitrogens with one attached hydrogen (secondary N) is 2. The second kappa shape index (κ2) is 18.0. The van der Waals surface area contributed by atoms with Crippen molar-refractivity contribution in [3.8, 4) is 11.6 Å². The molecular formula is C34H42N6O10PTl. The quantitative estimate of drug-likeness (QED) is 0.0329. The number of esters is 1. The summed E-state index contributed by atoms with van der Waals surface area (Å²) in [6.07, 6.45) is 1.82. The predicted molar refractivity (Wildman–Crippen MR) is 193 cm³/mol. The standard InChI is InChI=1S/C34H42N6O10P.Tl/c1-5-7-18-46-30-27-29(37-33(35)38-30)40(21-36-27)32-34(4,43)28(41)26(49-32)20-48-51(44,39-22(3)31(42)47-19-11-17-45-16-6-2)50-25-15-10-13-23-12-8-9-14-24(23)25;/h5-6,8-10,12-15,21-22,26,28,32,41,43H,1-2,7,11,16-20H2,3-4H3,(H2-,35,37,38,39,44);/q-1;+1/t22-,26?,28+,32?,34+,51+;/m0./s1. The van der Waals surface area contributed by atoms with Gasteiger partial charge in [-0.3, -0.25) is 4.79 Å². The van der Waals surface area contributed by atoms with E-state index in [-0.39, 0.29) is 23.9 Å². The number of hydrogen-bond donors (Lipinski definition) is 4. The van der Waals surface area contributed by atoms with Crippen molar-refractivity contribution < 1.29 is 47.6 Å². The Morgan fingerprint density at radius 2 is 1.96 bits per heavy atom. The summed E-state index contributed by atoms with van der Waals surface area (Å²) in [6.45, 7) is 10.8. The van der Waals surface area contributed by atoms with Gasteiger partial charge in [0, 0.05) is 11.8 Å². The number of aromatic nitrogens is 4. The summed E-state index contributed by atoms with van der Waals surface area (Å²) in [7, 11) is -4.41. The number of hydrogen-bond acceptors (Lipinski definition) is 14. The van der Waals surface area contributed by atoms with Crippen LogP contribution in [0.5, 0.6) is 11.6 Å². The zero-order chi connectivity index (χ0) is 37.3. The van der Waals surface area contributed by atoms with E-state index in [9.17, 15) is 19.6 Å². The number of aliphatic hydroxyl groups is 2. The molecule has 1 saturated heterocycles. The van der Waals surface area contributed by atoms with Gasteiger partial charge in [-0.25, -0.2) is 0 Å². The van der Waals surface area contributed by atoms with Gasteiger partial charge in [-0.15, -0.1) is 6.58 Å². The molecule has 276 valence electrons. The number of anilines is 1. The van der Waals surface area contributed by atoms with Crippen LogP contribution in [0, 0.1) is 0 Å². The van der Waals surface area contributed by atoms with Gasteiger partial charge in [0.05, 0.1) is 19.8 Å². The summed E-state index contributed by atoms with van der Waals surface area (Å²) >= 11 is 0.320. The van der Waals surface area contributed by atoms with Gasteiger partial charge in [0.2, 0.25) is 0 Å². The van der Waals surface area contributed by atoms with Crippen molar-refractivity contribution in [3.63, 3.8) is 0 Å². The van der Waals surface area contributed by atoms with Crippen LogP contribution in [0.15, 0.2) is 74.1 Å². The van der Waals surface area contributed by atoms with E-state index in [1.807, 2.05) is 18.2 Å². The molecule has 0 radical (unpaired) electrons. The molecule has 0 saturated carbocycles. The van der Waals surface area contributed by atoms with Crippen LogP contribution in [-0.4, -0.2) is 119 Å². The molecule has 0 aliphatic carbocycles. The third-order valence-corrected chi connectivity index (χ3v) is 10.7. The van der Waals surface area contributed by atoms with Crippen molar-refractivity contribution in [1.82, 2.24) is 24.6 Å². The van der Waals surface area contributed by atoms with Crippen molar-refractivity contribution in [2.75, 3.05) is 36.2 Å². The Kier molecular flexibility index (Phi) is 13.8. The third-order valence-electron chi connectivity index (χ3n) is 8.08. The average Bonchev–Trinajstić information content (AvgIpc) is 3.65. The summed E-state index contributed by atoms with van der Waals surface area (Å²) in [5, 5.41) is 27.0. The average molecular weight is 930 g/mol. The van der Waals surface area contributed by atoms with E-state index in [4.69, 9.17) is 28.0 Å². The number of benzene rings is 2. The first kappa shape index (κ1) is 39.7. The van der Waals surface area contributed by atoms with Crippen LogP contribution in [0.1, 0.15) is 32.9 Å². The van der Waals surface area contributed by atoms with Crippen molar-refractivity contribution in [2.24, 2.45) is 0 Å². The molecule has 0 bridgehead atoms. The first-order chi connectivity index (χ1) is 25.0. The summed E-state index contributed by atoms with van der Waals surface area (Å²) in [5.74, 6) is 0.0711. The molecule has 1 aliphatic heterocycles. The molecule has 0 amide bonds. The molecule has 4 N–H and O–H groups in total. The molecule has 2 aromatic heterocycles. The summed E-state index contributed by atoms with van der Waals surface area (Å²) < 4.78 is 53.6. The Morgan fingerprint density at radius 1 is 1.17 bits per heavy atom. The Morgan fingerprint density at radius 3 is 2.73 bits per heavy atom. The van der Waals surface area contributed by atoms with Gasteiger partial charge in [0.1, 0.15) is 11.8 Å². The zero-order valence-corrected chi connectivity index (χ0v) is 34.3. The van der Waals surface area contributed by atoms with Crippen LogP contribution in [-0.2, 0) is 28.1 Å². The van der Waals surface area contributed by atoms with Crippen LogP contribution in [0.4, 0.5) is 5.95 Å². The summed E-state index contributed by atoms with van der Waals surface area (Å²) in [5.41, 5.74) is -1.28. The molecule has 0 spiro atoms. The number of nitrogens with zero attached hydrogens (tertiary/aromatic N) is 4. The Bertz CT molecular complexity index is 1910. The number of imidazole rings is 1. The number of ether oxygens (including phenoxy) is 4. The van der Waals surface area contributed by atoms with Crippen LogP contribution in [0.3, 0.4) is 0 Å². The van der Waals surface area contributed by atoms with Gasteiger partial charge < -0.3 is 9.47 Å². The fourth-order valence-electron chi connectivity index (χ4n) is 5.43. The number of fused-ring (bicyclic) bond motifs is 2. The monoisotopic (exact) mass is 930 g/mol. The molecule has 1 fully saturated rings. The molecule has 4 aromatic rings. The van der Waals surface area contributed by atoms with Crippen LogP contribution < -0.4 is 17.5 Å². The second-order valence-electron chi connectivity index (χ2n) is 12.0. The molecular weight excluding hydrogens is 888 g/mol. The van der Waals surface area contributed by atoms with E-state index in [2.05, 4.69) is 36.3 Å². The summed E-state index contributed by atoms with van der Waals surface area (Å²) in [4.78, 5) is 26.2. The van der Waals surface area contributed by atoms with E-state index in [1.54, 1.807) is 36.4 Å². The Balaban J connectivity index is 1.36. The number of carbonyl (C=O) groups excluding carboxylic acids is 1. The molecule has 52 heavy (non-hydrogen) atoms. The van der Waals surface area contributed by atoms with Crippen LogP contribution in [0.25, 0.3) is 21.9 Å². The zero-order valence-electron chi connectivity index (χ0n) is 28.9. The second-order valence-corrected chi connectivity index (χ2v) is 14.9. The Hall–Kier alpha value is -3.49. The maximum absolute atomic E-state index is 14.5. The van der Waals surface area contributed by atoms with Crippen LogP contribution in [0.2, 0.25) is 0 Å². The number of carbonyl (C=O) groups is 1. The van der Waals surface area contributed by atoms with E-state index >= 15 is 0 Å². The van der Waals surface area contributed by atoms with Crippen molar-refractivity contribution in [1.29, 1.82) is 0 Å². The number of aliphatic hydroxyl groups excluding tert-OH is 1. The first-order valence-corrected chi connectivity index (χ1v) is 20.4. The topological polar surface area (TPSA) is 198 Å². The van der Waals surface area contributed by atoms with Gasteiger partial charge in [0.25, 0.3) is 0 Å². The van der Waals surface area contributed by atoms with Crippen molar-refractivity contribution >= 4 is 67.7 Å². The molecule has 2 unspecified atom stereocenters. The van der Waals surface area contributed by atoms with E-state index < -0.39 is 50.4 Å². The van der Waals surface area contributed by atoms with Gasteiger partial charge in [0.15, 0.2) is 0 Å². The van der Waals surface area contributed by atoms with Crippen LogP contribution >= 0.6 is 7.75 Å². The van der Waals surface area contributed by atoms with Gasteiger partial charge in [-0.05, 0) is 18.4 Å². The van der Waals surface area contributed by atoms with E-state index in [0.29, 0.717) is 75.6 Å². The van der Waals surface area contributed by atoms with Gasteiger partial charge in [-0.2, -0.15) is 0 Å². The Labute approximate surface area is 317 Å². The maximum atomic E-state index is 14.5. The minimum absolute atomic E-state index is 0.0738.